The quantitative estimate of drug-likeness (QED) is 0.840. The summed E-state index contributed by atoms with van der Waals surface area (Å²) < 4.78 is 37.4. The van der Waals surface area contributed by atoms with Crippen LogP contribution in [0.1, 0.15) is 46.5 Å². The Bertz CT molecular complexity index is 249. The van der Waals surface area contributed by atoms with Crippen molar-refractivity contribution in [3.05, 3.63) is 0 Å². The normalized spacial score (nSPS) is 23.7. The number of nitrogens with zero attached hydrogens (tertiary/aromatic N) is 1. The SMILES string of the molecule is CCC1(CC)CN(C(C)CC(F)(F)F)CCCN1. The molecule has 0 spiro atoms. The predicted octanol–water partition coefficient (Wildman–Crippen LogP) is 3.18. The maximum atomic E-state index is 12.5. The van der Waals surface area contributed by atoms with Crippen LogP contribution in [0.3, 0.4) is 0 Å². The molecule has 18 heavy (non-hydrogen) atoms. The summed E-state index contributed by atoms with van der Waals surface area (Å²) in [4.78, 5) is 2.00. The molecule has 0 aliphatic carbocycles. The van der Waals surface area contributed by atoms with Crippen LogP contribution in [0.15, 0.2) is 0 Å². The van der Waals surface area contributed by atoms with Crippen molar-refractivity contribution in [1.29, 1.82) is 0 Å². The lowest BCUT2D eigenvalue weighted by atomic mass is 9.92. The number of nitrogens with one attached hydrogen (secondary N) is 1. The summed E-state index contributed by atoms with van der Waals surface area (Å²) in [5.74, 6) is 0. The third kappa shape index (κ3) is 4.43. The summed E-state index contributed by atoms with van der Waals surface area (Å²) in [7, 11) is 0. The van der Waals surface area contributed by atoms with E-state index in [0.29, 0.717) is 0 Å². The summed E-state index contributed by atoms with van der Waals surface area (Å²) in [6.07, 6.45) is -1.95. The number of hydrogen-bond donors (Lipinski definition) is 1. The van der Waals surface area contributed by atoms with Crippen molar-refractivity contribution < 1.29 is 13.2 Å². The van der Waals surface area contributed by atoms with Gasteiger partial charge in [-0.15, -0.1) is 0 Å². The molecule has 0 aromatic carbocycles. The minimum Gasteiger partial charge on any atom is -0.310 e. The highest BCUT2D eigenvalue weighted by Crippen LogP contribution is 2.27. The van der Waals surface area contributed by atoms with Crippen molar-refractivity contribution in [3.8, 4) is 0 Å². The van der Waals surface area contributed by atoms with E-state index in [1.54, 1.807) is 6.92 Å². The van der Waals surface area contributed by atoms with Crippen LogP contribution in [0.5, 0.6) is 0 Å². The first kappa shape index (κ1) is 15.8. The fraction of sp³-hybridized carbons (Fsp3) is 1.00. The molecular weight excluding hydrogens is 241 g/mol. The molecule has 1 fully saturated rings. The Hall–Kier alpha value is -0.290. The van der Waals surface area contributed by atoms with Crippen molar-refractivity contribution in [2.24, 2.45) is 0 Å². The van der Waals surface area contributed by atoms with Crippen molar-refractivity contribution in [2.75, 3.05) is 19.6 Å². The topological polar surface area (TPSA) is 15.3 Å². The van der Waals surface area contributed by atoms with E-state index in [1.807, 2.05) is 4.90 Å². The average Bonchev–Trinajstić information content (AvgIpc) is 2.50. The highest BCUT2D eigenvalue weighted by atomic mass is 19.4. The maximum Gasteiger partial charge on any atom is 0.390 e. The van der Waals surface area contributed by atoms with Crippen LogP contribution in [-0.4, -0.2) is 42.3 Å². The molecule has 1 aliphatic rings. The van der Waals surface area contributed by atoms with E-state index in [1.165, 1.54) is 0 Å². The van der Waals surface area contributed by atoms with E-state index < -0.39 is 18.6 Å². The van der Waals surface area contributed by atoms with Crippen LogP contribution >= 0.6 is 0 Å². The Kier molecular flexibility index (Phi) is 5.46. The Balaban J connectivity index is 2.69. The van der Waals surface area contributed by atoms with E-state index in [0.717, 1.165) is 38.9 Å². The van der Waals surface area contributed by atoms with E-state index in [-0.39, 0.29) is 5.54 Å². The first-order chi connectivity index (χ1) is 8.32. The molecule has 1 saturated heterocycles. The summed E-state index contributed by atoms with van der Waals surface area (Å²) in [6, 6.07) is -0.428. The molecule has 0 aromatic heterocycles. The minimum atomic E-state index is -4.07. The zero-order valence-corrected chi connectivity index (χ0v) is 11.6. The molecule has 1 N–H and O–H groups in total. The van der Waals surface area contributed by atoms with Gasteiger partial charge in [0.1, 0.15) is 0 Å². The minimum absolute atomic E-state index is 0.0175. The molecule has 0 radical (unpaired) electrons. The van der Waals surface area contributed by atoms with Crippen LogP contribution in [0.4, 0.5) is 13.2 Å². The second kappa shape index (κ2) is 6.24. The maximum absolute atomic E-state index is 12.5. The summed E-state index contributed by atoms with van der Waals surface area (Å²) in [6.45, 7) is 8.28. The molecule has 1 heterocycles. The smallest absolute Gasteiger partial charge is 0.310 e. The zero-order valence-electron chi connectivity index (χ0n) is 11.6. The first-order valence-corrected chi connectivity index (χ1v) is 6.88. The van der Waals surface area contributed by atoms with Gasteiger partial charge in [0, 0.05) is 18.1 Å². The molecule has 108 valence electrons. The lowest BCUT2D eigenvalue weighted by molar-refractivity contribution is -0.146. The third-order valence-electron chi connectivity index (χ3n) is 4.13. The molecule has 0 saturated carbocycles. The van der Waals surface area contributed by atoms with Gasteiger partial charge < -0.3 is 5.32 Å². The Morgan fingerprint density at radius 2 is 1.89 bits per heavy atom. The van der Waals surface area contributed by atoms with Crippen molar-refractivity contribution >= 4 is 0 Å². The largest absolute Gasteiger partial charge is 0.390 e. The van der Waals surface area contributed by atoms with E-state index in [4.69, 9.17) is 0 Å². The molecular formula is C13H25F3N2. The second-order valence-electron chi connectivity index (χ2n) is 5.41. The number of halogens is 3. The predicted molar refractivity (Wildman–Crippen MR) is 67.6 cm³/mol. The van der Waals surface area contributed by atoms with Gasteiger partial charge >= 0.3 is 6.18 Å². The molecule has 1 unspecified atom stereocenters. The van der Waals surface area contributed by atoms with Gasteiger partial charge in [0.2, 0.25) is 0 Å². The molecule has 2 nitrogen and oxygen atoms in total. The zero-order chi connectivity index (χ0) is 13.8. The Morgan fingerprint density at radius 3 is 2.39 bits per heavy atom. The van der Waals surface area contributed by atoms with Gasteiger partial charge in [-0.25, -0.2) is 0 Å². The van der Waals surface area contributed by atoms with Crippen LogP contribution in [-0.2, 0) is 0 Å². The number of alkyl halides is 3. The second-order valence-corrected chi connectivity index (χ2v) is 5.41. The Labute approximate surface area is 108 Å². The van der Waals surface area contributed by atoms with Crippen LogP contribution in [0.2, 0.25) is 0 Å². The van der Waals surface area contributed by atoms with Gasteiger partial charge in [0.05, 0.1) is 6.42 Å². The van der Waals surface area contributed by atoms with Crippen molar-refractivity contribution in [3.63, 3.8) is 0 Å². The third-order valence-corrected chi connectivity index (χ3v) is 4.13. The van der Waals surface area contributed by atoms with E-state index in [9.17, 15) is 13.2 Å². The van der Waals surface area contributed by atoms with Gasteiger partial charge in [0.25, 0.3) is 0 Å². The van der Waals surface area contributed by atoms with Crippen molar-refractivity contribution in [2.45, 2.75) is 64.2 Å². The molecule has 0 aromatic rings. The highest BCUT2D eigenvalue weighted by Gasteiger charge is 2.36. The van der Waals surface area contributed by atoms with Gasteiger partial charge in [-0.05, 0) is 39.3 Å². The van der Waals surface area contributed by atoms with Crippen LogP contribution in [0, 0.1) is 0 Å². The monoisotopic (exact) mass is 266 g/mol. The standard InChI is InChI=1S/C13H25F3N2/c1-4-12(5-2)10-18(8-6-7-17-12)11(3)9-13(14,15)16/h11,17H,4-10H2,1-3H3. The average molecular weight is 266 g/mol. The fourth-order valence-corrected chi connectivity index (χ4v) is 2.72. The molecule has 1 aliphatic heterocycles. The fourth-order valence-electron chi connectivity index (χ4n) is 2.72. The molecule has 0 amide bonds. The lowest BCUT2D eigenvalue weighted by Crippen LogP contribution is -2.52. The molecule has 5 heteroatoms. The van der Waals surface area contributed by atoms with Crippen molar-refractivity contribution in [1.82, 2.24) is 10.2 Å². The van der Waals surface area contributed by atoms with Gasteiger partial charge in [0.15, 0.2) is 0 Å². The molecule has 0 bridgehead atoms. The highest BCUT2D eigenvalue weighted by molar-refractivity contribution is 4.92. The van der Waals surface area contributed by atoms with E-state index in [2.05, 4.69) is 19.2 Å². The summed E-state index contributed by atoms with van der Waals surface area (Å²) in [5, 5.41) is 3.52. The Morgan fingerprint density at radius 1 is 1.28 bits per heavy atom. The van der Waals surface area contributed by atoms with Gasteiger partial charge in [-0.3, -0.25) is 4.90 Å². The number of rotatable bonds is 4. The first-order valence-electron chi connectivity index (χ1n) is 6.88. The van der Waals surface area contributed by atoms with Gasteiger partial charge in [-0.2, -0.15) is 13.2 Å². The van der Waals surface area contributed by atoms with Crippen LogP contribution in [0.25, 0.3) is 0 Å². The molecule has 1 rings (SSSR count). The number of hydrogen-bond acceptors (Lipinski definition) is 2. The van der Waals surface area contributed by atoms with E-state index >= 15 is 0 Å². The summed E-state index contributed by atoms with van der Waals surface area (Å²) >= 11 is 0. The summed E-state index contributed by atoms with van der Waals surface area (Å²) in [5.41, 5.74) is -0.0175. The molecule has 1 atom stereocenters. The lowest BCUT2D eigenvalue weighted by Gasteiger charge is -2.38. The van der Waals surface area contributed by atoms with Gasteiger partial charge in [-0.1, -0.05) is 13.8 Å². The van der Waals surface area contributed by atoms with Crippen LogP contribution < -0.4 is 5.32 Å².